The first kappa shape index (κ1) is 9.51. The van der Waals surface area contributed by atoms with Crippen molar-refractivity contribution in [2.24, 2.45) is 0 Å². The highest BCUT2D eigenvalue weighted by Gasteiger charge is 1.98. The third kappa shape index (κ3) is 3.55. The van der Waals surface area contributed by atoms with Gasteiger partial charge in [0.2, 0.25) is 0 Å². The fourth-order valence-corrected chi connectivity index (χ4v) is 0.859. The topological polar surface area (TPSA) is 51.2 Å². The monoisotopic (exact) mass is 180 g/mol. The SMILES string of the molecule is CCOC(=O)NCc1cccnc1. The van der Waals surface area contributed by atoms with Gasteiger partial charge in [-0.1, -0.05) is 6.07 Å². The fraction of sp³-hybridized carbons (Fsp3) is 0.333. The van der Waals surface area contributed by atoms with Crippen LogP contribution in [0.1, 0.15) is 12.5 Å². The van der Waals surface area contributed by atoms with E-state index >= 15 is 0 Å². The second kappa shape index (κ2) is 5.13. The molecule has 0 fully saturated rings. The Kier molecular flexibility index (Phi) is 3.75. The lowest BCUT2D eigenvalue weighted by Gasteiger charge is -2.03. The third-order valence-electron chi connectivity index (χ3n) is 1.44. The van der Waals surface area contributed by atoms with Crippen molar-refractivity contribution in [1.82, 2.24) is 10.3 Å². The molecule has 4 nitrogen and oxygen atoms in total. The Hall–Kier alpha value is -1.58. The minimum absolute atomic E-state index is 0.388. The van der Waals surface area contributed by atoms with Crippen LogP contribution in [0.15, 0.2) is 24.5 Å². The molecule has 4 heteroatoms. The summed E-state index contributed by atoms with van der Waals surface area (Å²) in [5, 5.41) is 2.60. The van der Waals surface area contributed by atoms with Crippen molar-refractivity contribution in [1.29, 1.82) is 0 Å². The number of carbonyl (C=O) groups is 1. The molecule has 13 heavy (non-hydrogen) atoms. The highest BCUT2D eigenvalue weighted by Crippen LogP contribution is 1.94. The zero-order valence-corrected chi connectivity index (χ0v) is 7.49. The molecule has 0 atom stereocenters. The van der Waals surface area contributed by atoms with Crippen LogP contribution in [0.25, 0.3) is 0 Å². The van der Waals surface area contributed by atoms with E-state index in [0.29, 0.717) is 13.2 Å². The van der Waals surface area contributed by atoms with Crippen LogP contribution in [0.5, 0.6) is 0 Å². The summed E-state index contributed by atoms with van der Waals surface area (Å²) < 4.78 is 4.69. The summed E-state index contributed by atoms with van der Waals surface area (Å²) in [5.41, 5.74) is 0.954. The molecule has 0 saturated heterocycles. The van der Waals surface area contributed by atoms with E-state index in [2.05, 4.69) is 10.3 Å². The van der Waals surface area contributed by atoms with Crippen molar-refractivity contribution in [3.63, 3.8) is 0 Å². The second-order valence-corrected chi connectivity index (χ2v) is 2.44. The molecule has 0 saturated carbocycles. The van der Waals surface area contributed by atoms with Crippen molar-refractivity contribution in [2.75, 3.05) is 6.61 Å². The van der Waals surface area contributed by atoms with Gasteiger partial charge in [-0.15, -0.1) is 0 Å². The standard InChI is InChI=1S/C9H12N2O2/c1-2-13-9(12)11-7-8-4-3-5-10-6-8/h3-6H,2,7H2,1H3,(H,11,12). The summed E-state index contributed by atoms with van der Waals surface area (Å²) in [7, 11) is 0. The summed E-state index contributed by atoms with van der Waals surface area (Å²) in [6.45, 7) is 2.61. The van der Waals surface area contributed by atoms with E-state index in [1.54, 1.807) is 19.3 Å². The maximum Gasteiger partial charge on any atom is 0.407 e. The molecule has 1 heterocycles. The van der Waals surface area contributed by atoms with Gasteiger partial charge in [-0.2, -0.15) is 0 Å². The van der Waals surface area contributed by atoms with E-state index in [0.717, 1.165) is 5.56 Å². The van der Waals surface area contributed by atoms with Crippen LogP contribution in [0.2, 0.25) is 0 Å². The Morgan fingerprint density at radius 3 is 3.15 bits per heavy atom. The third-order valence-corrected chi connectivity index (χ3v) is 1.44. The molecular weight excluding hydrogens is 168 g/mol. The lowest BCUT2D eigenvalue weighted by atomic mass is 10.3. The average Bonchev–Trinajstić information content (AvgIpc) is 2.17. The van der Waals surface area contributed by atoms with E-state index < -0.39 is 6.09 Å². The van der Waals surface area contributed by atoms with Crippen LogP contribution in [0, 0.1) is 0 Å². The number of carbonyl (C=O) groups excluding carboxylic acids is 1. The molecule has 1 N–H and O–H groups in total. The Balaban J connectivity index is 2.31. The summed E-state index contributed by atoms with van der Waals surface area (Å²) >= 11 is 0. The summed E-state index contributed by atoms with van der Waals surface area (Å²) in [4.78, 5) is 14.8. The lowest BCUT2D eigenvalue weighted by molar-refractivity contribution is 0.151. The van der Waals surface area contributed by atoms with Crippen LogP contribution in [-0.4, -0.2) is 17.7 Å². The molecule has 1 aromatic rings. The first-order valence-electron chi connectivity index (χ1n) is 4.12. The van der Waals surface area contributed by atoms with E-state index in [4.69, 9.17) is 4.74 Å². The Morgan fingerprint density at radius 1 is 1.69 bits per heavy atom. The van der Waals surface area contributed by atoms with Gasteiger partial charge in [-0.25, -0.2) is 4.79 Å². The van der Waals surface area contributed by atoms with Gasteiger partial charge in [0, 0.05) is 18.9 Å². The molecule has 0 aliphatic heterocycles. The van der Waals surface area contributed by atoms with Crippen molar-refractivity contribution in [3.8, 4) is 0 Å². The van der Waals surface area contributed by atoms with Crippen LogP contribution >= 0.6 is 0 Å². The van der Waals surface area contributed by atoms with E-state index in [1.807, 2.05) is 12.1 Å². The zero-order chi connectivity index (χ0) is 9.52. The number of hydrogen-bond donors (Lipinski definition) is 1. The predicted octanol–water partition coefficient (Wildman–Crippen LogP) is 1.33. The normalized spacial score (nSPS) is 9.31. The number of pyridine rings is 1. The molecular formula is C9H12N2O2. The van der Waals surface area contributed by atoms with E-state index in [1.165, 1.54) is 0 Å². The summed E-state index contributed by atoms with van der Waals surface area (Å²) in [6, 6.07) is 3.71. The molecule has 0 radical (unpaired) electrons. The maximum atomic E-state index is 10.9. The van der Waals surface area contributed by atoms with E-state index in [-0.39, 0.29) is 0 Å². The Labute approximate surface area is 76.9 Å². The van der Waals surface area contributed by atoms with Gasteiger partial charge in [0.25, 0.3) is 0 Å². The second-order valence-electron chi connectivity index (χ2n) is 2.44. The highest BCUT2D eigenvalue weighted by molar-refractivity contribution is 5.67. The molecule has 70 valence electrons. The number of nitrogens with one attached hydrogen (secondary N) is 1. The molecule has 0 unspecified atom stereocenters. The van der Waals surface area contributed by atoms with Crippen LogP contribution in [-0.2, 0) is 11.3 Å². The van der Waals surface area contributed by atoms with Gasteiger partial charge in [0.1, 0.15) is 0 Å². The molecule has 0 spiro atoms. The van der Waals surface area contributed by atoms with Crippen molar-refractivity contribution in [2.45, 2.75) is 13.5 Å². The summed E-state index contributed by atoms with van der Waals surface area (Å²) in [6.07, 6.45) is 2.99. The van der Waals surface area contributed by atoms with Crippen LogP contribution in [0.3, 0.4) is 0 Å². The van der Waals surface area contributed by atoms with Gasteiger partial charge in [-0.3, -0.25) is 4.98 Å². The average molecular weight is 180 g/mol. The number of rotatable bonds is 3. The molecule has 0 bridgehead atoms. The molecule has 0 aromatic carbocycles. The Bertz CT molecular complexity index is 262. The highest BCUT2D eigenvalue weighted by atomic mass is 16.5. The molecule has 1 aromatic heterocycles. The molecule has 0 aliphatic carbocycles. The minimum atomic E-state index is -0.397. The van der Waals surface area contributed by atoms with E-state index in [9.17, 15) is 4.79 Å². The maximum absolute atomic E-state index is 10.9. The zero-order valence-electron chi connectivity index (χ0n) is 7.49. The Morgan fingerprint density at radius 2 is 2.54 bits per heavy atom. The number of hydrogen-bond acceptors (Lipinski definition) is 3. The number of ether oxygens (including phenoxy) is 1. The predicted molar refractivity (Wildman–Crippen MR) is 48.1 cm³/mol. The number of nitrogens with zero attached hydrogens (tertiary/aromatic N) is 1. The number of aromatic nitrogens is 1. The number of amides is 1. The van der Waals surface area contributed by atoms with Crippen molar-refractivity contribution >= 4 is 6.09 Å². The first-order valence-corrected chi connectivity index (χ1v) is 4.12. The minimum Gasteiger partial charge on any atom is -0.450 e. The van der Waals surface area contributed by atoms with Crippen LogP contribution < -0.4 is 5.32 Å². The molecule has 0 aliphatic rings. The van der Waals surface area contributed by atoms with Crippen molar-refractivity contribution in [3.05, 3.63) is 30.1 Å². The van der Waals surface area contributed by atoms with Gasteiger partial charge >= 0.3 is 6.09 Å². The first-order chi connectivity index (χ1) is 6.33. The van der Waals surface area contributed by atoms with Gasteiger partial charge in [0.05, 0.1) is 6.61 Å². The van der Waals surface area contributed by atoms with Gasteiger partial charge in [0.15, 0.2) is 0 Å². The molecule has 1 rings (SSSR count). The van der Waals surface area contributed by atoms with Crippen molar-refractivity contribution < 1.29 is 9.53 Å². The molecule has 1 amide bonds. The quantitative estimate of drug-likeness (QED) is 0.763. The van der Waals surface area contributed by atoms with Crippen LogP contribution in [0.4, 0.5) is 4.79 Å². The smallest absolute Gasteiger partial charge is 0.407 e. The largest absolute Gasteiger partial charge is 0.450 e. The van der Waals surface area contributed by atoms with Gasteiger partial charge in [-0.05, 0) is 18.6 Å². The fourth-order valence-electron chi connectivity index (χ4n) is 0.859. The number of alkyl carbamates (subject to hydrolysis) is 1. The lowest BCUT2D eigenvalue weighted by Crippen LogP contribution is -2.23. The summed E-state index contributed by atoms with van der Waals surface area (Å²) in [5.74, 6) is 0. The van der Waals surface area contributed by atoms with Gasteiger partial charge < -0.3 is 10.1 Å².